The van der Waals surface area contributed by atoms with Crippen molar-refractivity contribution in [1.29, 1.82) is 0 Å². The fraction of sp³-hybridized carbons (Fsp3) is 0.118. The minimum atomic E-state index is -0.127. The Bertz CT molecular complexity index is 830. The molecule has 0 bridgehead atoms. The number of nitrogen functional groups attached to an aromatic ring is 1. The Morgan fingerprint density at radius 1 is 1.12 bits per heavy atom. The maximum Gasteiger partial charge on any atom is 0.255 e. The summed E-state index contributed by atoms with van der Waals surface area (Å²) < 4.78 is 1.46. The monoisotopic (exact) mass is 339 g/mol. The number of para-hydroxylation sites is 1. The molecule has 0 atom stereocenters. The van der Waals surface area contributed by atoms with Gasteiger partial charge in [-0.25, -0.2) is 4.68 Å². The third-order valence-corrected chi connectivity index (χ3v) is 4.46. The Morgan fingerprint density at radius 3 is 2.46 bits per heavy atom. The van der Waals surface area contributed by atoms with E-state index in [4.69, 9.17) is 5.84 Å². The van der Waals surface area contributed by atoms with E-state index in [9.17, 15) is 4.79 Å². The molecule has 0 aliphatic carbocycles. The summed E-state index contributed by atoms with van der Waals surface area (Å²) >= 11 is 1.50. The van der Waals surface area contributed by atoms with E-state index in [2.05, 4.69) is 15.5 Å². The minimum Gasteiger partial charge on any atom is -0.336 e. The Morgan fingerprint density at radius 2 is 1.83 bits per heavy atom. The second-order valence-electron chi connectivity index (χ2n) is 5.21. The first-order valence-electron chi connectivity index (χ1n) is 7.39. The molecule has 2 aromatic carbocycles. The fourth-order valence-electron chi connectivity index (χ4n) is 2.07. The zero-order chi connectivity index (χ0) is 16.9. The average molecular weight is 339 g/mol. The topological polar surface area (TPSA) is 85.8 Å². The zero-order valence-corrected chi connectivity index (χ0v) is 14.0. The molecule has 6 nitrogen and oxygen atoms in total. The van der Waals surface area contributed by atoms with Gasteiger partial charge in [-0.05, 0) is 36.8 Å². The molecule has 3 aromatic rings. The summed E-state index contributed by atoms with van der Waals surface area (Å²) in [6.45, 7) is 1.80. The maximum atomic E-state index is 12.2. The molecule has 0 spiro atoms. The van der Waals surface area contributed by atoms with Crippen LogP contribution in [0.25, 0.3) is 0 Å². The molecule has 0 radical (unpaired) electrons. The Balaban J connectivity index is 1.60. The molecule has 1 amide bonds. The molecule has 24 heavy (non-hydrogen) atoms. The van der Waals surface area contributed by atoms with Crippen LogP contribution < -0.4 is 11.2 Å². The third kappa shape index (κ3) is 3.75. The Labute approximate surface area is 144 Å². The van der Waals surface area contributed by atoms with Gasteiger partial charge in [0.2, 0.25) is 5.16 Å². The van der Waals surface area contributed by atoms with Gasteiger partial charge in [0.25, 0.3) is 5.91 Å². The lowest BCUT2D eigenvalue weighted by Gasteiger charge is -2.06. The van der Waals surface area contributed by atoms with Crippen molar-refractivity contribution in [2.45, 2.75) is 17.8 Å². The SMILES string of the molecule is Cc1nnc(SCc2ccc(C(=O)Nc3ccccc3)cc2)n1N. The fourth-order valence-corrected chi connectivity index (χ4v) is 2.93. The number of anilines is 1. The normalized spacial score (nSPS) is 10.5. The van der Waals surface area contributed by atoms with Crippen molar-refractivity contribution in [3.05, 3.63) is 71.5 Å². The van der Waals surface area contributed by atoms with Gasteiger partial charge in [0, 0.05) is 17.0 Å². The van der Waals surface area contributed by atoms with E-state index in [0.29, 0.717) is 22.3 Å². The molecule has 3 rings (SSSR count). The molecular formula is C17H17N5OS. The van der Waals surface area contributed by atoms with Crippen LogP contribution in [0.1, 0.15) is 21.7 Å². The van der Waals surface area contributed by atoms with Gasteiger partial charge in [-0.1, -0.05) is 42.1 Å². The van der Waals surface area contributed by atoms with E-state index >= 15 is 0 Å². The lowest BCUT2D eigenvalue weighted by atomic mass is 10.1. The van der Waals surface area contributed by atoms with Crippen molar-refractivity contribution in [2.24, 2.45) is 0 Å². The second-order valence-corrected chi connectivity index (χ2v) is 6.15. The number of carbonyl (C=O) groups excluding carboxylic acids is 1. The molecule has 3 N–H and O–H groups in total. The van der Waals surface area contributed by atoms with E-state index < -0.39 is 0 Å². The molecule has 0 saturated heterocycles. The molecule has 0 aliphatic heterocycles. The van der Waals surface area contributed by atoms with Crippen LogP contribution >= 0.6 is 11.8 Å². The number of amides is 1. The summed E-state index contributed by atoms with van der Waals surface area (Å²) in [4.78, 5) is 12.2. The summed E-state index contributed by atoms with van der Waals surface area (Å²) in [7, 11) is 0. The minimum absolute atomic E-state index is 0.127. The quantitative estimate of drug-likeness (QED) is 0.551. The van der Waals surface area contributed by atoms with Crippen LogP contribution in [0.2, 0.25) is 0 Å². The van der Waals surface area contributed by atoms with Gasteiger partial charge in [-0.2, -0.15) is 0 Å². The molecule has 7 heteroatoms. The predicted octanol–water partition coefficient (Wildman–Crippen LogP) is 2.84. The predicted molar refractivity (Wildman–Crippen MR) is 95.3 cm³/mol. The van der Waals surface area contributed by atoms with Crippen molar-refractivity contribution >= 4 is 23.4 Å². The van der Waals surface area contributed by atoms with Crippen LogP contribution in [0.3, 0.4) is 0 Å². The smallest absolute Gasteiger partial charge is 0.255 e. The van der Waals surface area contributed by atoms with Crippen LogP contribution in [0.15, 0.2) is 59.8 Å². The van der Waals surface area contributed by atoms with E-state index in [-0.39, 0.29) is 5.91 Å². The number of aryl methyl sites for hydroxylation is 1. The first kappa shape index (κ1) is 16.1. The summed E-state index contributed by atoms with van der Waals surface area (Å²) in [5.74, 6) is 7.07. The highest BCUT2D eigenvalue weighted by Crippen LogP contribution is 2.20. The van der Waals surface area contributed by atoms with Crippen LogP contribution in [-0.2, 0) is 5.75 Å². The number of thioether (sulfide) groups is 1. The number of rotatable bonds is 5. The molecule has 0 unspecified atom stereocenters. The number of aromatic nitrogens is 3. The van der Waals surface area contributed by atoms with Gasteiger partial charge < -0.3 is 11.2 Å². The highest BCUT2D eigenvalue weighted by Gasteiger charge is 2.08. The van der Waals surface area contributed by atoms with Crippen molar-refractivity contribution in [1.82, 2.24) is 14.9 Å². The first-order chi connectivity index (χ1) is 11.6. The number of hydrogen-bond acceptors (Lipinski definition) is 5. The lowest BCUT2D eigenvalue weighted by Crippen LogP contribution is -2.12. The number of nitrogens with one attached hydrogen (secondary N) is 1. The highest BCUT2D eigenvalue weighted by molar-refractivity contribution is 7.98. The third-order valence-electron chi connectivity index (χ3n) is 3.45. The molecule has 1 heterocycles. The molecule has 1 aromatic heterocycles. The zero-order valence-electron chi connectivity index (χ0n) is 13.1. The van der Waals surface area contributed by atoms with Crippen molar-refractivity contribution in [3.8, 4) is 0 Å². The van der Waals surface area contributed by atoms with Gasteiger partial charge >= 0.3 is 0 Å². The summed E-state index contributed by atoms with van der Waals surface area (Å²) in [5.41, 5.74) is 2.47. The Hall–Kier alpha value is -2.80. The Kier molecular flexibility index (Phi) is 4.81. The van der Waals surface area contributed by atoms with E-state index in [1.807, 2.05) is 54.6 Å². The number of nitrogens with zero attached hydrogens (tertiary/aromatic N) is 3. The molecule has 0 saturated carbocycles. The number of hydrogen-bond donors (Lipinski definition) is 2. The van der Waals surface area contributed by atoms with Crippen LogP contribution in [0.4, 0.5) is 5.69 Å². The molecular weight excluding hydrogens is 322 g/mol. The van der Waals surface area contributed by atoms with Crippen LogP contribution in [0, 0.1) is 6.92 Å². The summed E-state index contributed by atoms with van der Waals surface area (Å²) in [5, 5.41) is 11.5. The number of carbonyl (C=O) groups is 1. The lowest BCUT2D eigenvalue weighted by molar-refractivity contribution is 0.102. The van der Waals surface area contributed by atoms with Crippen molar-refractivity contribution in [3.63, 3.8) is 0 Å². The molecule has 0 fully saturated rings. The van der Waals surface area contributed by atoms with Gasteiger partial charge in [0.1, 0.15) is 5.82 Å². The molecule has 0 aliphatic rings. The summed E-state index contributed by atoms with van der Waals surface area (Å²) in [6.07, 6.45) is 0. The first-order valence-corrected chi connectivity index (χ1v) is 8.37. The van der Waals surface area contributed by atoms with Crippen LogP contribution in [-0.4, -0.2) is 20.8 Å². The van der Waals surface area contributed by atoms with Gasteiger partial charge in [-0.3, -0.25) is 4.79 Å². The van der Waals surface area contributed by atoms with Gasteiger partial charge in [0.05, 0.1) is 0 Å². The highest BCUT2D eigenvalue weighted by atomic mass is 32.2. The maximum absolute atomic E-state index is 12.2. The standard InChI is InChI=1S/C17H17N5OS/c1-12-20-21-17(22(12)18)24-11-13-7-9-14(10-8-13)16(23)19-15-5-3-2-4-6-15/h2-10H,11,18H2,1H3,(H,19,23). The number of benzene rings is 2. The summed E-state index contributed by atoms with van der Waals surface area (Å²) in [6, 6.07) is 16.9. The largest absolute Gasteiger partial charge is 0.336 e. The van der Waals surface area contributed by atoms with Gasteiger partial charge in [-0.15, -0.1) is 10.2 Å². The van der Waals surface area contributed by atoms with E-state index in [1.54, 1.807) is 6.92 Å². The average Bonchev–Trinajstić information content (AvgIpc) is 2.93. The van der Waals surface area contributed by atoms with Crippen LogP contribution in [0.5, 0.6) is 0 Å². The van der Waals surface area contributed by atoms with E-state index in [1.165, 1.54) is 16.4 Å². The second kappa shape index (κ2) is 7.18. The number of nitrogens with two attached hydrogens (primary N) is 1. The van der Waals surface area contributed by atoms with Gasteiger partial charge in [0.15, 0.2) is 0 Å². The van der Waals surface area contributed by atoms with Crippen molar-refractivity contribution < 1.29 is 4.79 Å². The molecule has 122 valence electrons. The van der Waals surface area contributed by atoms with E-state index in [0.717, 1.165) is 11.3 Å². The van der Waals surface area contributed by atoms with Crippen molar-refractivity contribution in [2.75, 3.05) is 11.2 Å².